The third-order valence-corrected chi connectivity index (χ3v) is 3.45. The highest BCUT2D eigenvalue weighted by molar-refractivity contribution is 5.96. The summed E-state index contributed by atoms with van der Waals surface area (Å²) in [7, 11) is 0. The molecule has 0 heterocycles. The Labute approximate surface area is 125 Å². The third kappa shape index (κ3) is 5.55. The first-order chi connectivity index (χ1) is 9.95. The molecule has 0 aromatic heterocycles. The maximum absolute atomic E-state index is 11.9. The highest BCUT2D eigenvalue weighted by Crippen LogP contribution is 2.15. The van der Waals surface area contributed by atoms with Gasteiger partial charge in [-0.2, -0.15) is 0 Å². The zero-order chi connectivity index (χ0) is 15.8. The van der Waals surface area contributed by atoms with Crippen LogP contribution in [0, 0.1) is 11.8 Å². The molecule has 1 aromatic rings. The molecular formula is C16H24N2O3. The van der Waals surface area contributed by atoms with Crippen molar-refractivity contribution in [3.63, 3.8) is 0 Å². The van der Waals surface area contributed by atoms with Crippen molar-refractivity contribution >= 4 is 17.5 Å². The van der Waals surface area contributed by atoms with Crippen LogP contribution >= 0.6 is 0 Å². The SMILES string of the molecule is CC(C)C(C)C(=O)Nc1ccc(C(=O)NCCCO)cc1. The van der Waals surface area contributed by atoms with E-state index in [1.807, 2.05) is 20.8 Å². The number of amides is 2. The average molecular weight is 292 g/mol. The Morgan fingerprint density at radius 2 is 1.76 bits per heavy atom. The van der Waals surface area contributed by atoms with Crippen molar-refractivity contribution < 1.29 is 14.7 Å². The van der Waals surface area contributed by atoms with Crippen molar-refractivity contribution in [3.05, 3.63) is 29.8 Å². The highest BCUT2D eigenvalue weighted by Gasteiger charge is 2.16. The van der Waals surface area contributed by atoms with Crippen LogP contribution in [-0.2, 0) is 4.79 Å². The second kappa shape index (κ2) is 8.42. The summed E-state index contributed by atoms with van der Waals surface area (Å²) in [6, 6.07) is 6.77. The molecule has 116 valence electrons. The molecule has 1 atom stereocenters. The van der Waals surface area contributed by atoms with Crippen LogP contribution in [0.1, 0.15) is 37.6 Å². The number of benzene rings is 1. The zero-order valence-electron chi connectivity index (χ0n) is 12.8. The van der Waals surface area contributed by atoms with Gasteiger partial charge in [-0.1, -0.05) is 20.8 Å². The third-order valence-electron chi connectivity index (χ3n) is 3.45. The second-order valence-electron chi connectivity index (χ2n) is 5.43. The monoisotopic (exact) mass is 292 g/mol. The van der Waals surface area contributed by atoms with E-state index in [-0.39, 0.29) is 30.3 Å². The predicted molar refractivity (Wildman–Crippen MR) is 83.1 cm³/mol. The molecule has 0 bridgehead atoms. The molecule has 0 aliphatic carbocycles. The number of anilines is 1. The van der Waals surface area contributed by atoms with Crippen LogP contribution in [0.15, 0.2) is 24.3 Å². The molecule has 0 saturated heterocycles. The van der Waals surface area contributed by atoms with Gasteiger partial charge < -0.3 is 15.7 Å². The first-order valence-corrected chi connectivity index (χ1v) is 7.25. The summed E-state index contributed by atoms with van der Waals surface area (Å²) in [5.41, 5.74) is 1.21. The normalized spacial score (nSPS) is 12.0. The van der Waals surface area contributed by atoms with E-state index in [9.17, 15) is 9.59 Å². The standard InChI is InChI=1S/C16H24N2O3/c1-11(2)12(3)15(20)18-14-7-5-13(6-8-14)16(21)17-9-4-10-19/h5-8,11-12,19H,4,9-10H2,1-3H3,(H,17,21)(H,18,20). The number of hydrogen-bond donors (Lipinski definition) is 3. The Morgan fingerprint density at radius 1 is 1.14 bits per heavy atom. The van der Waals surface area contributed by atoms with Gasteiger partial charge in [0.25, 0.3) is 5.91 Å². The quantitative estimate of drug-likeness (QED) is 0.673. The molecule has 0 radical (unpaired) electrons. The molecule has 0 saturated carbocycles. The van der Waals surface area contributed by atoms with Crippen LogP contribution in [0.5, 0.6) is 0 Å². The lowest BCUT2D eigenvalue weighted by molar-refractivity contribution is -0.120. The van der Waals surface area contributed by atoms with E-state index in [0.29, 0.717) is 24.2 Å². The van der Waals surface area contributed by atoms with Crippen molar-refractivity contribution in [2.45, 2.75) is 27.2 Å². The molecule has 1 unspecified atom stereocenters. The van der Waals surface area contributed by atoms with Crippen molar-refractivity contribution in [1.82, 2.24) is 5.32 Å². The summed E-state index contributed by atoms with van der Waals surface area (Å²) in [5, 5.41) is 14.2. The van der Waals surface area contributed by atoms with Crippen LogP contribution in [0.4, 0.5) is 5.69 Å². The van der Waals surface area contributed by atoms with E-state index >= 15 is 0 Å². The van der Waals surface area contributed by atoms with Crippen LogP contribution < -0.4 is 10.6 Å². The predicted octanol–water partition coefficient (Wildman–Crippen LogP) is 2.03. The number of hydrogen-bond acceptors (Lipinski definition) is 3. The van der Waals surface area contributed by atoms with Crippen molar-refractivity contribution in [2.75, 3.05) is 18.5 Å². The van der Waals surface area contributed by atoms with Crippen LogP contribution in [0.2, 0.25) is 0 Å². The van der Waals surface area contributed by atoms with Gasteiger partial charge in [0.05, 0.1) is 0 Å². The van der Waals surface area contributed by atoms with Gasteiger partial charge in [0.2, 0.25) is 5.91 Å². The molecule has 1 rings (SSSR count). The molecule has 0 aliphatic heterocycles. The van der Waals surface area contributed by atoms with E-state index in [0.717, 1.165) is 0 Å². The number of nitrogens with one attached hydrogen (secondary N) is 2. The van der Waals surface area contributed by atoms with Gasteiger partial charge in [-0.3, -0.25) is 9.59 Å². The van der Waals surface area contributed by atoms with Gasteiger partial charge in [-0.25, -0.2) is 0 Å². The van der Waals surface area contributed by atoms with Crippen molar-refractivity contribution in [3.8, 4) is 0 Å². The van der Waals surface area contributed by atoms with Crippen LogP contribution in [0.3, 0.4) is 0 Å². The lowest BCUT2D eigenvalue weighted by Gasteiger charge is -2.15. The van der Waals surface area contributed by atoms with E-state index in [1.165, 1.54) is 0 Å². The molecule has 0 fully saturated rings. The maximum Gasteiger partial charge on any atom is 0.251 e. The molecule has 2 amide bonds. The van der Waals surface area contributed by atoms with Gasteiger partial charge >= 0.3 is 0 Å². The number of carbonyl (C=O) groups excluding carboxylic acids is 2. The minimum absolute atomic E-state index is 0.0230. The Bertz CT molecular complexity index is 469. The lowest BCUT2D eigenvalue weighted by Crippen LogP contribution is -2.25. The van der Waals surface area contributed by atoms with E-state index in [4.69, 9.17) is 5.11 Å². The van der Waals surface area contributed by atoms with Crippen molar-refractivity contribution in [2.24, 2.45) is 11.8 Å². The number of carbonyl (C=O) groups is 2. The highest BCUT2D eigenvalue weighted by atomic mass is 16.3. The summed E-state index contributed by atoms with van der Waals surface area (Å²) in [4.78, 5) is 23.7. The van der Waals surface area contributed by atoms with Gasteiger partial charge in [-0.15, -0.1) is 0 Å². The number of aliphatic hydroxyl groups is 1. The fraction of sp³-hybridized carbons (Fsp3) is 0.500. The fourth-order valence-electron chi connectivity index (χ4n) is 1.65. The zero-order valence-corrected chi connectivity index (χ0v) is 12.8. The van der Waals surface area contributed by atoms with Crippen molar-refractivity contribution in [1.29, 1.82) is 0 Å². The Morgan fingerprint density at radius 3 is 2.29 bits per heavy atom. The minimum atomic E-state index is -0.183. The van der Waals surface area contributed by atoms with Gasteiger partial charge in [0.15, 0.2) is 0 Å². The van der Waals surface area contributed by atoms with Crippen LogP contribution in [0.25, 0.3) is 0 Å². The first-order valence-electron chi connectivity index (χ1n) is 7.25. The minimum Gasteiger partial charge on any atom is -0.396 e. The smallest absolute Gasteiger partial charge is 0.251 e. The molecule has 0 spiro atoms. The molecular weight excluding hydrogens is 268 g/mol. The van der Waals surface area contributed by atoms with E-state index in [2.05, 4.69) is 10.6 Å². The van der Waals surface area contributed by atoms with E-state index < -0.39 is 0 Å². The second-order valence-corrected chi connectivity index (χ2v) is 5.43. The van der Waals surface area contributed by atoms with Gasteiger partial charge in [0, 0.05) is 30.3 Å². The topological polar surface area (TPSA) is 78.4 Å². The largest absolute Gasteiger partial charge is 0.396 e. The maximum atomic E-state index is 11.9. The molecule has 1 aromatic carbocycles. The molecule has 3 N–H and O–H groups in total. The summed E-state index contributed by atoms with van der Waals surface area (Å²) >= 11 is 0. The number of aliphatic hydroxyl groups excluding tert-OH is 1. The molecule has 21 heavy (non-hydrogen) atoms. The summed E-state index contributed by atoms with van der Waals surface area (Å²) in [6.45, 7) is 6.40. The molecule has 0 aliphatic rings. The van der Waals surface area contributed by atoms with E-state index in [1.54, 1.807) is 24.3 Å². The Hall–Kier alpha value is -1.88. The summed E-state index contributed by atoms with van der Waals surface area (Å²) in [5.74, 6) is 0.00931. The Kier molecular flexibility index (Phi) is 6.88. The first kappa shape index (κ1) is 17.2. The van der Waals surface area contributed by atoms with Gasteiger partial charge in [-0.05, 0) is 36.6 Å². The molecule has 5 nitrogen and oxygen atoms in total. The number of rotatable bonds is 7. The summed E-state index contributed by atoms with van der Waals surface area (Å²) in [6.07, 6.45) is 0.535. The summed E-state index contributed by atoms with van der Waals surface area (Å²) < 4.78 is 0. The van der Waals surface area contributed by atoms with Gasteiger partial charge in [0.1, 0.15) is 0 Å². The average Bonchev–Trinajstić information content (AvgIpc) is 2.47. The van der Waals surface area contributed by atoms with Crippen LogP contribution in [-0.4, -0.2) is 30.1 Å². The lowest BCUT2D eigenvalue weighted by atomic mass is 9.97. The fourth-order valence-corrected chi connectivity index (χ4v) is 1.65. The Balaban J connectivity index is 2.58. The molecule has 5 heteroatoms.